The molecular weight excluding hydrogens is 188 g/mol. The van der Waals surface area contributed by atoms with Crippen molar-refractivity contribution in [2.24, 2.45) is 11.7 Å². The lowest BCUT2D eigenvalue weighted by molar-refractivity contribution is 0.110. The van der Waals surface area contributed by atoms with E-state index in [2.05, 4.69) is 11.8 Å². The van der Waals surface area contributed by atoms with Gasteiger partial charge in [0.15, 0.2) is 0 Å². The lowest BCUT2D eigenvalue weighted by atomic mass is 9.93. The summed E-state index contributed by atoms with van der Waals surface area (Å²) < 4.78 is 0. The first-order chi connectivity index (χ1) is 7.27. The number of aliphatic hydroxyl groups is 1. The Morgan fingerprint density at radius 2 is 2.00 bits per heavy atom. The van der Waals surface area contributed by atoms with Crippen LogP contribution >= 0.6 is 0 Å². The van der Waals surface area contributed by atoms with E-state index in [4.69, 9.17) is 10.8 Å². The van der Waals surface area contributed by atoms with Gasteiger partial charge in [0.2, 0.25) is 0 Å². The molecule has 1 fully saturated rings. The van der Waals surface area contributed by atoms with Crippen LogP contribution in [0, 0.1) is 5.92 Å². The van der Waals surface area contributed by atoms with E-state index in [0.29, 0.717) is 12.0 Å². The van der Waals surface area contributed by atoms with Crippen molar-refractivity contribution in [1.29, 1.82) is 0 Å². The van der Waals surface area contributed by atoms with Crippen molar-refractivity contribution in [2.45, 2.75) is 45.1 Å². The molecule has 0 amide bonds. The van der Waals surface area contributed by atoms with Gasteiger partial charge in [-0.25, -0.2) is 0 Å². The summed E-state index contributed by atoms with van der Waals surface area (Å²) >= 11 is 0. The smallest absolute Gasteiger partial charge is 0.0558 e. The van der Waals surface area contributed by atoms with Gasteiger partial charge in [0.05, 0.1) is 6.61 Å². The fourth-order valence-corrected chi connectivity index (χ4v) is 2.47. The summed E-state index contributed by atoms with van der Waals surface area (Å²) in [6, 6.07) is 0.694. The molecule has 0 saturated heterocycles. The Bertz CT molecular complexity index is 158. The first-order valence-corrected chi connectivity index (χ1v) is 6.33. The molecule has 1 rings (SSSR count). The summed E-state index contributed by atoms with van der Waals surface area (Å²) in [5, 5.41) is 9.08. The van der Waals surface area contributed by atoms with E-state index in [1.807, 2.05) is 0 Å². The Hall–Kier alpha value is -0.120. The molecule has 15 heavy (non-hydrogen) atoms. The first kappa shape index (κ1) is 12.9. The second kappa shape index (κ2) is 7.20. The van der Waals surface area contributed by atoms with Gasteiger partial charge in [-0.3, -0.25) is 4.90 Å². The number of nitrogens with two attached hydrogens (primary N) is 1. The van der Waals surface area contributed by atoms with Crippen LogP contribution in [0.5, 0.6) is 0 Å². The van der Waals surface area contributed by atoms with E-state index < -0.39 is 0 Å². The molecule has 3 nitrogen and oxygen atoms in total. The normalized spacial score (nSPS) is 20.8. The van der Waals surface area contributed by atoms with Crippen LogP contribution in [0.3, 0.4) is 0 Å². The summed E-state index contributed by atoms with van der Waals surface area (Å²) in [4.78, 5) is 2.44. The highest BCUT2D eigenvalue weighted by molar-refractivity contribution is 4.77. The number of nitrogens with zero attached hydrogens (tertiary/aromatic N) is 1. The maximum Gasteiger partial charge on any atom is 0.0558 e. The molecule has 1 aliphatic rings. The van der Waals surface area contributed by atoms with E-state index in [9.17, 15) is 0 Å². The van der Waals surface area contributed by atoms with Gasteiger partial charge >= 0.3 is 0 Å². The highest BCUT2D eigenvalue weighted by Gasteiger charge is 2.21. The van der Waals surface area contributed by atoms with E-state index in [1.54, 1.807) is 0 Å². The average Bonchev–Trinajstić information content (AvgIpc) is 2.29. The van der Waals surface area contributed by atoms with Crippen molar-refractivity contribution in [3.05, 3.63) is 0 Å². The summed E-state index contributed by atoms with van der Waals surface area (Å²) in [5.74, 6) is 0.540. The molecule has 0 aromatic rings. The molecule has 0 heterocycles. The highest BCUT2D eigenvalue weighted by atomic mass is 16.3. The van der Waals surface area contributed by atoms with Gasteiger partial charge in [-0.15, -0.1) is 0 Å². The van der Waals surface area contributed by atoms with Crippen LogP contribution in [0.4, 0.5) is 0 Å². The van der Waals surface area contributed by atoms with Crippen LogP contribution in [0.1, 0.15) is 39.0 Å². The molecule has 0 aliphatic heterocycles. The zero-order valence-corrected chi connectivity index (χ0v) is 9.99. The third kappa shape index (κ3) is 4.49. The van der Waals surface area contributed by atoms with Crippen molar-refractivity contribution in [3.8, 4) is 0 Å². The molecule has 0 bridgehead atoms. The van der Waals surface area contributed by atoms with Gasteiger partial charge in [-0.1, -0.05) is 26.2 Å². The van der Waals surface area contributed by atoms with E-state index in [0.717, 1.165) is 19.6 Å². The third-order valence-corrected chi connectivity index (χ3v) is 3.43. The molecular formula is C12H26N2O. The fraction of sp³-hybridized carbons (Fsp3) is 1.00. The van der Waals surface area contributed by atoms with Crippen LogP contribution in [-0.2, 0) is 0 Å². The van der Waals surface area contributed by atoms with Crippen LogP contribution < -0.4 is 5.73 Å². The number of aliphatic hydroxyl groups excluding tert-OH is 1. The minimum atomic E-state index is 0.272. The van der Waals surface area contributed by atoms with Crippen molar-refractivity contribution in [1.82, 2.24) is 4.90 Å². The molecule has 1 aliphatic carbocycles. The molecule has 0 aromatic carbocycles. The molecule has 3 heteroatoms. The largest absolute Gasteiger partial charge is 0.395 e. The van der Waals surface area contributed by atoms with Gasteiger partial charge in [-0.2, -0.15) is 0 Å². The molecule has 0 aromatic heterocycles. The number of rotatable bonds is 6. The maximum atomic E-state index is 9.08. The molecule has 90 valence electrons. The Kier molecular flexibility index (Phi) is 6.22. The molecule has 3 N–H and O–H groups in total. The molecule has 1 unspecified atom stereocenters. The molecule has 0 spiro atoms. The van der Waals surface area contributed by atoms with E-state index >= 15 is 0 Å². The summed E-state index contributed by atoms with van der Waals surface area (Å²) in [5.41, 5.74) is 5.66. The highest BCUT2D eigenvalue weighted by Crippen LogP contribution is 2.22. The zero-order valence-electron chi connectivity index (χ0n) is 9.99. The average molecular weight is 214 g/mol. The predicted molar refractivity (Wildman–Crippen MR) is 63.8 cm³/mol. The van der Waals surface area contributed by atoms with Crippen LogP contribution in [-0.4, -0.2) is 42.3 Å². The fourth-order valence-electron chi connectivity index (χ4n) is 2.47. The van der Waals surface area contributed by atoms with Gasteiger partial charge < -0.3 is 10.8 Å². The second-order valence-corrected chi connectivity index (χ2v) is 4.85. The third-order valence-electron chi connectivity index (χ3n) is 3.43. The van der Waals surface area contributed by atoms with Gasteiger partial charge in [-0.05, 0) is 25.3 Å². The summed E-state index contributed by atoms with van der Waals surface area (Å²) in [6.45, 7) is 5.06. The Labute approximate surface area is 93.6 Å². The summed E-state index contributed by atoms with van der Waals surface area (Å²) in [7, 11) is 0. The summed E-state index contributed by atoms with van der Waals surface area (Å²) in [6.07, 6.45) is 6.69. The lowest BCUT2D eigenvalue weighted by Gasteiger charge is -2.35. The van der Waals surface area contributed by atoms with Crippen LogP contribution in [0.15, 0.2) is 0 Å². The lowest BCUT2D eigenvalue weighted by Crippen LogP contribution is -2.42. The van der Waals surface area contributed by atoms with Crippen LogP contribution in [0.2, 0.25) is 0 Å². The van der Waals surface area contributed by atoms with Crippen molar-refractivity contribution >= 4 is 0 Å². The minimum absolute atomic E-state index is 0.272. The number of hydrogen-bond acceptors (Lipinski definition) is 3. The Morgan fingerprint density at radius 3 is 2.53 bits per heavy atom. The number of hydrogen-bond donors (Lipinski definition) is 2. The SMILES string of the molecule is CC(CN)CN(CCO)C1CCCCC1. The maximum absolute atomic E-state index is 9.08. The monoisotopic (exact) mass is 214 g/mol. The first-order valence-electron chi connectivity index (χ1n) is 6.33. The van der Waals surface area contributed by atoms with Gasteiger partial charge in [0, 0.05) is 19.1 Å². The quantitative estimate of drug-likeness (QED) is 0.698. The molecule has 1 atom stereocenters. The van der Waals surface area contributed by atoms with E-state index in [-0.39, 0.29) is 6.61 Å². The molecule has 0 radical (unpaired) electrons. The second-order valence-electron chi connectivity index (χ2n) is 4.85. The van der Waals surface area contributed by atoms with Crippen molar-refractivity contribution < 1.29 is 5.11 Å². The van der Waals surface area contributed by atoms with Crippen LogP contribution in [0.25, 0.3) is 0 Å². The zero-order chi connectivity index (χ0) is 11.1. The van der Waals surface area contributed by atoms with Crippen molar-refractivity contribution in [2.75, 3.05) is 26.2 Å². The minimum Gasteiger partial charge on any atom is -0.395 e. The Morgan fingerprint density at radius 1 is 1.33 bits per heavy atom. The van der Waals surface area contributed by atoms with Gasteiger partial charge in [0.1, 0.15) is 0 Å². The predicted octanol–water partition coefficient (Wildman–Crippen LogP) is 1.21. The van der Waals surface area contributed by atoms with Gasteiger partial charge in [0.25, 0.3) is 0 Å². The topological polar surface area (TPSA) is 49.5 Å². The standard InChI is InChI=1S/C12H26N2O/c1-11(9-13)10-14(7-8-15)12-5-3-2-4-6-12/h11-12,15H,2-10,13H2,1H3. The van der Waals surface area contributed by atoms with E-state index in [1.165, 1.54) is 32.1 Å². The Balaban J connectivity index is 2.39. The molecule has 1 saturated carbocycles. The van der Waals surface area contributed by atoms with Crippen molar-refractivity contribution in [3.63, 3.8) is 0 Å².